The molecular formula is C19H24N2O6S. The second kappa shape index (κ2) is 8.40. The van der Waals surface area contributed by atoms with Crippen LogP contribution < -0.4 is 0 Å². The molecule has 0 aromatic heterocycles. The molecule has 1 aromatic rings. The molecule has 3 rings (SSSR count). The fraction of sp³-hybridized carbons (Fsp3) is 0.526. The summed E-state index contributed by atoms with van der Waals surface area (Å²) in [7, 11) is -3.79. The first kappa shape index (κ1) is 20.5. The van der Waals surface area contributed by atoms with Gasteiger partial charge >= 0.3 is 5.97 Å². The van der Waals surface area contributed by atoms with Gasteiger partial charge in [-0.1, -0.05) is 6.07 Å². The van der Waals surface area contributed by atoms with E-state index in [0.717, 1.165) is 12.8 Å². The van der Waals surface area contributed by atoms with E-state index in [-0.39, 0.29) is 35.2 Å². The molecular weight excluding hydrogens is 384 g/mol. The number of nitrogens with zero attached hydrogens (tertiary/aromatic N) is 2. The van der Waals surface area contributed by atoms with E-state index in [2.05, 4.69) is 0 Å². The van der Waals surface area contributed by atoms with Crippen LogP contribution in [0.4, 0.5) is 0 Å². The Morgan fingerprint density at radius 1 is 1.11 bits per heavy atom. The summed E-state index contributed by atoms with van der Waals surface area (Å²) < 4.78 is 32.4. The molecule has 1 heterocycles. The van der Waals surface area contributed by atoms with Crippen LogP contribution in [0.3, 0.4) is 0 Å². The number of esters is 1. The second-order valence-electron chi connectivity index (χ2n) is 7.04. The van der Waals surface area contributed by atoms with Crippen LogP contribution in [0.5, 0.6) is 0 Å². The lowest BCUT2D eigenvalue weighted by atomic mass is 9.96. The molecule has 1 aliphatic heterocycles. The van der Waals surface area contributed by atoms with Crippen LogP contribution in [0.2, 0.25) is 0 Å². The quantitative estimate of drug-likeness (QED) is 0.694. The van der Waals surface area contributed by atoms with Crippen LogP contribution in [0, 0.1) is 0 Å². The topological polar surface area (TPSA) is 101 Å². The van der Waals surface area contributed by atoms with Gasteiger partial charge in [0.2, 0.25) is 15.9 Å². The Bertz CT molecular complexity index is 874. The van der Waals surface area contributed by atoms with Gasteiger partial charge in [0.05, 0.1) is 10.5 Å². The number of Topliss-reactive ketones (excluding diaryl/α,β-unsaturated/α-hetero) is 1. The zero-order valence-electron chi connectivity index (χ0n) is 15.8. The number of carbonyl (C=O) groups excluding carboxylic acids is 3. The monoisotopic (exact) mass is 408 g/mol. The minimum atomic E-state index is -3.79. The van der Waals surface area contributed by atoms with Crippen molar-refractivity contribution >= 4 is 27.7 Å². The Labute approximate surface area is 164 Å². The fourth-order valence-corrected chi connectivity index (χ4v) is 4.92. The number of carbonyl (C=O) groups is 3. The number of amides is 1. The summed E-state index contributed by atoms with van der Waals surface area (Å²) in [5, 5.41) is 0. The number of benzene rings is 1. The predicted octanol–water partition coefficient (Wildman–Crippen LogP) is 1.21. The maximum Gasteiger partial charge on any atom is 0.338 e. The van der Waals surface area contributed by atoms with Crippen LogP contribution in [0.25, 0.3) is 0 Å². The third-order valence-electron chi connectivity index (χ3n) is 5.14. The van der Waals surface area contributed by atoms with Crippen LogP contribution in [0.1, 0.15) is 43.0 Å². The van der Waals surface area contributed by atoms with Crippen molar-refractivity contribution in [1.82, 2.24) is 9.21 Å². The summed E-state index contributed by atoms with van der Waals surface area (Å²) in [6.07, 6.45) is 1.78. The van der Waals surface area contributed by atoms with Crippen molar-refractivity contribution in [3.63, 3.8) is 0 Å². The largest absolute Gasteiger partial charge is 0.451 e. The first-order valence-corrected chi connectivity index (χ1v) is 10.8. The maximum absolute atomic E-state index is 12.9. The molecule has 0 bridgehead atoms. The SMILES string of the molecule is CC(=O)N1CCN(S(=O)(=O)c2cccc(C(=O)O[C@H]3CCCCC3=O)c2)CC1. The van der Waals surface area contributed by atoms with Crippen molar-refractivity contribution in [2.24, 2.45) is 0 Å². The van der Waals surface area contributed by atoms with Gasteiger partial charge in [0.25, 0.3) is 0 Å². The Hall–Kier alpha value is -2.26. The minimum Gasteiger partial charge on any atom is -0.451 e. The van der Waals surface area contributed by atoms with Crippen molar-refractivity contribution in [2.45, 2.75) is 43.6 Å². The summed E-state index contributed by atoms with van der Waals surface area (Å²) >= 11 is 0. The Morgan fingerprint density at radius 2 is 1.82 bits per heavy atom. The lowest BCUT2D eigenvalue weighted by Crippen LogP contribution is -2.49. The molecule has 9 heteroatoms. The first-order chi connectivity index (χ1) is 13.3. The third-order valence-corrected chi connectivity index (χ3v) is 7.03. The van der Waals surface area contributed by atoms with Gasteiger partial charge in [-0.2, -0.15) is 4.31 Å². The first-order valence-electron chi connectivity index (χ1n) is 9.38. The molecule has 1 amide bonds. The summed E-state index contributed by atoms with van der Waals surface area (Å²) in [4.78, 5) is 37.3. The average Bonchev–Trinajstić information content (AvgIpc) is 2.70. The van der Waals surface area contributed by atoms with Crippen molar-refractivity contribution in [1.29, 1.82) is 0 Å². The van der Waals surface area contributed by atoms with Crippen molar-refractivity contribution < 1.29 is 27.5 Å². The number of sulfonamides is 1. The van der Waals surface area contributed by atoms with Crippen LogP contribution >= 0.6 is 0 Å². The maximum atomic E-state index is 12.9. The number of hydrogen-bond acceptors (Lipinski definition) is 6. The average molecular weight is 408 g/mol. The molecule has 8 nitrogen and oxygen atoms in total. The lowest BCUT2D eigenvalue weighted by Gasteiger charge is -2.33. The summed E-state index contributed by atoms with van der Waals surface area (Å²) in [5.74, 6) is -0.871. The molecule has 152 valence electrons. The molecule has 0 radical (unpaired) electrons. The van der Waals surface area contributed by atoms with Crippen LogP contribution in [-0.4, -0.2) is 67.6 Å². The molecule has 0 unspecified atom stereocenters. The Kier molecular flexibility index (Phi) is 6.14. The van der Waals surface area contributed by atoms with Gasteiger partial charge in [-0.3, -0.25) is 9.59 Å². The van der Waals surface area contributed by atoms with E-state index in [1.54, 1.807) is 4.90 Å². The molecule has 2 aliphatic rings. The lowest BCUT2D eigenvalue weighted by molar-refractivity contribution is -0.130. The normalized spacial score (nSPS) is 21.4. The second-order valence-corrected chi connectivity index (χ2v) is 8.98. The molecule has 1 saturated carbocycles. The number of hydrogen-bond donors (Lipinski definition) is 0. The zero-order valence-corrected chi connectivity index (χ0v) is 16.6. The van der Waals surface area contributed by atoms with Gasteiger partial charge in [0.15, 0.2) is 11.9 Å². The van der Waals surface area contributed by atoms with Gasteiger partial charge < -0.3 is 9.64 Å². The molecule has 2 fully saturated rings. The van der Waals surface area contributed by atoms with Crippen LogP contribution in [-0.2, 0) is 24.3 Å². The molecule has 1 saturated heterocycles. The highest BCUT2D eigenvalue weighted by molar-refractivity contribution is 7.89. The van der Waals surface area contributed by atoms with E-state index < -0.39 is 22.1 Å². The number of rotatable bonds is 4. The van der Waals surface area contributed by atoms with Gasteiger partial charge in [-0.05, 0) is 37.5 Å². The van der Waals surface area contributed by atoms with E-state index in [4.69, 9.17) is 4.74 Å². The number of piperazine rings is 1. The van der Waals surface area contributed by atoms with E-state index in [9.17, 15) is 22.8 Å². The third kappa shape index (κ3) is 4.41. The van der Waals surface area contributed by atoms with Crippen molar-refractivity contribution in [3.05, 3.63) is 29.8 Å². The highest BCUT2D eigenvalue weighted by atomic mass is 32.2. The number of ether oxygens (including phenoxy) is 1. The highest BCUT2D eigenvalue weighted by Gasteiger charge is 2.30. The Balaban J connectivity index is 1.72. The molecule has 0 spiro atoms. The molecule has 0 N–H and O–H groups in total. The van der Waals surface area contributed by atoms with E-state index in [1.807, 2.05) is 0 Å². The van der Waals surface area contributed by atoms with E-state index in [0.29, 0.717) is 25.9 Å². The molecule has 1 aliphatic carbocycles. The Morgan fingerprint density at radius 3 is 2.46 bits per heavy atom. The minimum absolute atomic E-state index is 0.00630. The molecule has 1 aromatic carbocycles. The van der Waals surface area contributed by atoms with E-state index in [1.165, 1.54) is 35.5 Å². The molecule has 28 heavy (non-hydrogen) atoms. The van der Waals surface area contributed by atoms with Gasteiger partial charge in [-0.15, -0.1) is 0 Å². The highest BCUT2D eigenvalue weighted by Crippen LogP contribution is 2.22. The number of ketones is 1. The predicted molar refractivity (Wildman–Crippen MR) is 100 cm³/mol. The van der Waals surface area contributed by atoms with Crippen molar-refractivity contribution in [2.75, 3.05) is 26.2 Å². The van der Waals surface area contributed by atoms with Gasteiger partial charge in [-0.25, -0.2) is 13.2 Å². The molecule has 1 atom stereocenters. The smallest absolute Gasteiger partial charge is 0.338 e. The zero-order chi connectivity index (χ0) is 20.3. The van der Waals surface area contributed by atoms with Gasteiger partial charge in [0, 0.05) is 39.5 Å². The summed E-state index contributed by atoms with van der Waals surface area (Å²) in [6.45, 7) is 2.52. The van der Waals surface area contributed by atoms with Crippen molar-refractivity contribution in [3.8, 4) is 0 Å². The standard InChI is InChI=1S/C19H24N2O6S/c1-14(22)20-9-11-21(12-10-20)28(25,26)16-6-4-5-15(13-16)19(24)27-18-8-3-2-7-17(18)23/h4-6,13,18H,2-3,7-12H2,1H3/t18-/m0/s1. The van der Waals surface area contributed by atoms with E-state index >= 15 is 0 Å². The summed E-state index contributed by atoms with van der Waals surface area (Å²) in [5.41, 5.74) is 0.0989. The fourth-order valence-electron chi connectivity index (χ4n) is 3.45. The van der Waals surface area contributed by atoms with Crippen LogP contribution in [0.15, 0.2) is 29.2 Å². The summed E-state index contributed by atoms with van der Waals surface area (Å²) in [6, 6.07) is 5.66. The van der Waals surface area contributed by atoms with Gasteiger partial charge in [0.1, 0.15) is 0 Å².